The molecule has 0 radical (unpaired) electrons. The quantitative estimate of drug-likeness (QED) is 0.341. The Morgan fingerprint density at radius 1 is 1.53 bits per heavy atom. The Kier molecular flexibility index (Phi) is 6.39. The van der Waals surface area contributed by atoms with E-state index in [4.69, 9.17) is 10.5 Å². The van der Waals surface area contributed by atoms with Gasteiger partial charge in [-0.3, -0.25) is 4.79 Å². The fraction of sp³-hybridized carbons (Fsp3) is 0.267. The van der Waals surface area contributed by atoms with E-state index in [9.17, 15) is 4.79 Å². The van der Waals surface area contributed by atoms with Crippen molar-refractivity contribution in [1.82, 2.24) is 5.32 Å². The monoisotopic (exact) mass is 260 g/mol. The second-order valence-electron chi connectivity index (χ2n) is 4.30. The van der Waals surface area contributed by atoms with Gasteiger partial charge in [-0.1, -0.05) is 24.3 Å². The lowest BCUT2D eigenvalue weighted by atomic mass is 10.2. The third-order valence-corrected chi connectivity index (χ3v) is 2.23. The average molecular weight is 260 g/mol. The van der Waals surface area contributed by atoms with Gasteiger partial charge in [0.1, 0.15) is 0 Å². The van der Waals surface area contributed by atoms with Gasteiger partial charge in [-0.15, -0.1) is 0 Å². The number of hydrogen-bond donors (Lipinski definition) is 2. The summed E-state index contributed by atoms with van der Waals surface area (Å²) in [6.07, 6.45) is 3.20. The van der Waals surface area contributed by atoms with Crippen LogP contribution >= 0.6 is 0 Å². The van der Waals surface area contributed by atoms with Crippen molar-refractivity contribution < 1.29 is 9.53 Å². The van der Waals surface area contributed by atoms with E-state index < -0.39 is 0 Å². The summed E-state index contributed by atoms with van der Waals surface area (Å²) in [6, 6.07) is 7.34. The minimum atomic E-state index is -0.152. The molecule has 0 aliphatic rings. The molecule has 0 fully saturated rings. The first kappa shape index (κ1) is 15.0. The van der Waals surface area contributed by atoms with Crippen LogP contribution < -0.4 is 11.1 Å². The zero-order valence-corrected chi connectivity index (χ0v) is 11.2. The maximum absolute atomic E-state index is 11.5. The highest BCUT2D eigenvalue weighted by atomic mass is 16.5. The summed E-state index contributed by atoms with van der Waals surface area (Å²) >= 11 is 0. The third-order valence-electron chi connectivity index (χ3n) is 2.23. The molecule has 1 amide bonds. The Labute approximate surface area is 114 Å². The lowest BCUT2D eigenvalue weighted by Crippen LogP contribution is -2.25. The second-order valence-corrected chi connectivity index (χ2v) is 4.30. The zero-order chi connectivity index (χ0) is 14.1. The van der Waals surface area contributed by atoms with Crippen LogP contribution in [0.15, 0.2) is 42.5 Å². The molecule has 0 saturated carbocycles. The number of carbonyl (C=O) groups is 1. The molecule has 0 aromatic heterocycles. The number of amides is 1. The van der Waals surface area contributed by atoms with E-state index in [2.05, 4.69) is 11.9 Å². The molecule has 0 heterocycles. The van der Waals surface area contributed by atoms with Crippen LogP contribution in [0, 0.1) is 0 Å². The van der Waals surface area contributed by atoms with E-state index >= 15 is 0 Å². The van der Waals surface area contributed by atoms with Gasteiger partial charge in [0.15, 0.2) is 0 Å². The topological polar surface area (TPSA) is 64.3 Å². The van der Waals surface area contributed by atoms with Crippen molar-refractivity contribution in [2.75, 3.05) is 25.5 Å². The number of ether oxygens (including phenoxy) is 1. The van der Waals surface area contributed by atoms with Gasteiger partial charge in [0.2, 0.25) is 5.91 Å². The highest BCUT2D eigenvalue weighted by molar-refractivity contribution is 5.91. The number of hydrogen-bond acceptors (Lipinski definition) is 3. The predicted molar refractivity (Wildman–Crippen MR) is 78.5 cm³/mol. The first-order valence-corrected chi connectivity index (χ1v) is 6.11. The Hall–Kier alpha value is -2.07. The SMILES string of the molecule is C=C(C)COCCNC(=O)/C=C/c1cccc(N)c1. The van der Waals surface area contributed by atoms with Crippen LogP contribution in [0.2, 0.25) is 0 Å². The molecule has 0 bridgehead atoms. The molecule has 4 nitrogen and oxygen atoms in total. The molecular formula is C15H20N2O2. The van der Waals surface area contributed by atoms with Gasteiger partial charge < -0.3 is 15.8 Å². The molecule has 0 spiro atoms. The van der Waals surface area contributed by atoms with E-state index in [1.54, 1.807) is 18.2 Å². The van der Waals surface area contributed by atoms with Crippen LogP contribution in [0.5, 0.6) is 0 Å². The van der Waals surface area contributed by atoms with Crippen molar-refractivity contribution in [3.8, 4) is 0 Å². The van der Waals surface area contributed by atoms with Crippen molar-refractivity contribution in [3.63, 3.8) is 0 Å². The number of carbonyl (C=O) groups excluding carboxylic acids is 1. The minimum absolute atomic E-state index is 0.152. The van der Waals surface area contributed by atoms with Gasteiger partial charge in [0.05, 0.1) is 13.2 Å². The molecule has 102 valence electrons. The molecule has 1 rings (SSSR count). The van der Waals surface area contributed by atoms with Crippen LogP contribution in [0.3, 0.4) is 0 Å². The number of rotatable bonds is 7. The van der Waals surface area contributed by atoms with Crippen molar-refractivity contribution >= 4 is 17.7 Å². The van der Waals surface area contributed by atoms with Crippen LogP contribution in [-0.2, 0) is 9.53 Å². The van der Waals surface area contributed by atoms with Gasteiger partial charge in [-0.2, -0.15) is 0 Å². The molecule has 3 N–H and O–H groups in total. The van der Waals surface area contributed by atoms with Crippen LogP contribution in [0.4, 0.5) is 5.69 Å². The van der Waals surface area contributed by atoms with E-state index in [1.165, 1.54) is 6.08 Å². The largest absolute Gasteiger partial charge is 0.399 e. The third kappa shape index (κ3) is 7.06. The van der Waals surface area contributed by atoms with Gasteiger partial charge >= 0.3 is 0 Å². The smallest absolute Gasteiger partial charge is 0.244 e. The molecule has 1 aromatic rings. The van der Waals surface area contributed by atoms with Crippen molar-refractivity contribution in [2.45, 2.75) is 6.92 Å². The summed E-state index contributed by atoms with van der Waals surface area (Å²) in [5.74, 6) is -0.152. The zero-order valence-electron chi connectivity index (χ0n) is 11.2. The summed E-state index contributed by atoms with van der Waals surface area (Å²) in [6.45, 7) is 7.10. The van der Waals surface area contributed by atoms with Crippen LogP contribution in [0.25, 0.3) is 6.08 Å². The number of nitrogens with one attached hydrogen (secondary N) is 1. The summed E-state index contributed by atoms with van der Waals surface area (Å²) in [5.41, 5.74) is 8.18. The van der Waals surface area contributed by atoms with Gasteiger partial charge in [0.25, 0.3) is 0 Å². The van der Waals surface area contributed by atoms with E-state index in [0.717, 1.165) is 11.1 Å². The van der Waals surface area contributed by atoms with E-state index in [0.29, 0.717) is 25.4 Å². The predicted octanol–water partition coefficient (Wildman–Crippen LogP) is 1.99. The first-order chi connectivity index (χ1) is 9.08. The average Bonchev–Trinajstić information content (AvgIpc) is 2.35. The second kappa shape index (κ2) is 8.11. The fourth-order valence-corrected chi connectivity index (χ4v) is 1.39. The van der Waals surface area contributed by atoms with Crippen LogP contribution in [-0.4, -0.2) is 25.7 Å². The van der Waals surface area contributed by atoms with E-state index in [1.807, 2.05) is 19.1 Å². The van der Waals surface area contributed by atoms with E-state index in [-0.39, 0.29) is 5.91 Å². The Morgan fingerprint density at radius 3 is 3.00 bits per heavy atom. The molecule has 1 aromatic carbocycles. The molecule has 0 aliphatic carbocycles. The molecular weight excluding hydrogens is 240 g/mol. The Morgan fingerprint density at radius 2 is 2.32 bits per heavy atom. The Bertz CT molecular complexity index is 467. The lowest BCUT2D eigenvalue weighted by Gasteiger charge is -2.04. The molecule has 0 atom stereocenters. The molecule has 0 aliphatic heterocycles. The lowest BCUT2D eigenvalue weighted by molar-refractivity contribution is -0.116. The summed E-state index contributed by atoms with van der Waals surface area (Å²) in [7, 11) is 0. The number of nitrogens with two attached hydrogens (primary N) is 1. The molecule has 0 saturated heterocycles. The summed E-state index contributed by atoms with van der Waals surface area (Å²) in [4.78, 5) is 11.5. The first-order valence-electron chi connectivity index (χ1n) is 6.11. The normalized spacial score (nSPS) is 10.6. The van der Waals surface area contributed by atoms with Gasteiger partial charge in [0, 0.05) is 18.3 Å². The van der Waals surface area contributed by atoms with Crippen molar-refractivity contribution in [3.05, 3.63) is 48.1 Å². The highest BCUT2D eigenvalue weighted by Crippen LogP contribution is 2.07. The minimum Gasteiger partial charge on any atom is -0.399 e. The maximum Gasteiger partial charge on any atom is 0.244 e. The van der Waals surface area contributed by atoms with Gasteiger partial charge in [-0.25, -0.2) is 0 Å². The molecule has 0 unspecified atom stereocenters. The maximum atomic E-state index is 11.5. The van der Waals surface area contributed by atoms with Crippen molar-refractivity contribution in [2.24, 2.45) is 0 Å². The molecule has 19 heavy (non-hydrogen) atoms. The number of nitrogen functional groups attached to an aromatic ring is 1. The van der Waals surface area contributed by atoms with Gasteiger partial charge in [-0.05, 0) is 30.7 Å². The Balaban J connectivity index is 2.25. The van der Waals surface area contributed by atoms with Crippen LogP contribution in [0.1, 0.15) is 12.5 Å². The summed E-state index contributed by atoms with van der Waals surface area (Å²) in [5, 5.41) is 2.73. The summed E-state index contributed by atoms with van der Waals surface area (Å²) < 4.78 is 5.27. The highest BCUT2D eigenvalue weighted by Gasteiger charge is 1.95. The number of benzene rings is 1. The standard InChI is InChI=1S/C15H20N2O2/c1-12(2)11-19-9-8-17-15(18)7-6-13-4-3-5-14(16)10-13/h3-7,10H,1,8-9,11,16H2,2H3,(H,17,18)/b7-6+. The fourth-order valence-electron chi connectivity index (χ4n) is 1.39. The van der Waals surface area contributed by atoms with Crippen molar-refractivity contribution in [1.29, 1.82) is 0 Å². The molecule has 4 heteroatoms. The number of anilines is 1.